The van der Waals surface area contributed by atoms with Crippen LogP contribution < -0.4 is 10.1 Å². The third-order valence-corrected chi connectivity index (χ3v) is 2.71. The lowest BCUT2D eigenvalue weighted by molar-refractivity contribution is -0.154. The fourth-order valence-electron chi connectivity index (χ4n) is 1.72. The Morgan fingerprint density at radius 3 is 2.65 bits per heavy atom. The van der Waals surface area contributed by atoms with Crippen LogP contribution in [-0.2, 0) is 6.61 Å². The smallest absolute Gasteiger partial charge is 0.422 e. The predicted octanol–water partition coefficient (Wildman–Crippen LogP) is 2.77. The first-order valence-electron chi connectivity index (χ1n) is 6.55. The van der Waals surface area contributed by atoms with Gasteiger partial charge in [0.25, 0.3) is 5.91 Å². The number of carbonyl (C=O) groups is 1. The van der Waals surface area contributed by atoms with Gasteiger partial charge in [-0.3, -0.25) is 4.79 Å². The van der Waals surface area contributed by atoms with E-state index in [1.165, 1.54) is 18.2 Å². The van der Waals surface area contributed by atoms with Crippen molar-refractivity contribution in [1.82, 2.24) is 4.98 Å². The van der Waals surface area contributed by atoms with Crippen LogP contribution >= 0.6 is 0 Å². The van der Waals surface area contributed by atoms with Crippen LogP contribution in [0.4, 0.5) is 18.9 Å². The zero-order valence-corrected chi connectivity index (χ0v) is 11.8. The molecule has 2 N–H and O–H groups in total. The maximum absolute atomic E-state index is 12.1. The van der Waals surface area contributed by atoms with Crippen molar-refractivity contribution >= 4 is 11.6 Å². The molecule has 122 valence electrons. The van der Waals surface area contributed by atoms with Gasteiger partial charge in [0, 0.05) is 11.8 Å². The van der Waals surface area contributed by atoms with Crippen LogP contribution in [0.15, 0.2) is 42.5 Å². The van der Waals surface area contributed by atoms with Gasteiger partial charge in [-0.15, -0.1) is 0 Å². The molecule has 0 saturated heterocycles. The Labute approximate surface area is 129 Å². The number of ether oxygens (including phenoxy) is 1. The number of nitrogens with one attached hydrogen (secondary N) is 1. The standard InChI is InChI=1S/C15H13F3N2O3/c16-15(17,18)9-23-13-6-2-5-12(20-13)14(22)19-11-4-1-3-10(7-11)8-21/h1-7,21H,8-9H2,(H,19,22). The largest absolute Gasteiger partial charge is 0.468 e. The molecule has 0 saturated carbocycles. The van der Waals surface area contributed by atoms with E-state index in [0.717, 1.165) is 0 Å². The third kappa shape index (κ3) is 5.26. The second-order valence-electron chi connectivity index (χ2n) is 4.58. The van der Waals surface area contributed by atoms with Gasteiger partial charge in [0.1, 0.15) is 5.69 Å². The van der Waals surface area contributed by atoms with Gasteiger partial charge >= 0.3 is 6.18 Å². The molecule has 1 aromatic heterocycles. The molecule has 2 aromatic rings. The van der Waals surface area contributed by atoms with E-state index >= 15 is 0 Å². The Kier molecular flexibility index (Phi) is 5.17. The zero-order chi connectivity index (χ0) is 16.9. The van der Waals surface area contributed by atoms with Crippen LogP contribution in [0.5, 0.6) is 5.88 Å². The fourth-order valence-corrected chi connectivity index (χ4v) is 1.72. The van der Waals surface area contributed by atoms with Crippen molar-refractivity contribution in [3.05, 3.63) is 53.7 Å². The van der Waals surface area contributed by atoms with Crippen molar-refractivity contribution in [2.75, 3.05) is 11.9 Å². The average molecular weight is 326 g/mol. The molecular formula is C15H13F3N2O3. The molecule has 1 amide bonds. The van der Waals surface area contributed by atoms with Crippen molar-refractivity contribution in [2.45, 2.75) is 12.8 Å². The number of hydrogen-bond acceptors (Lipinski definition) is 4. The number of nitrogens with zero attached hydrogens (tertiary/aromatic N) is 1. The first-order valence-corrected chi connectivity index (χ1v) is 6.55. The Bertz CT molecular complexity index is 690. The molecule has 1 aromatic carbocycles. The Morgan fingerprint density at radius 2 is 1.96 bits per heavy atom. The molecule has 23 heavy (non-hydrogen) atoms. The number of aromatic nitrogens is 1. The van der Waals surface area contributed by atoms with E-state index in [0.29, 0.717) is 11.3 Å². The number of halogens is 3. The summed E-state index contributed by atoms with van der Waals surface area (Å²) >= 11 is 0. The lowest BCUT2D eigenvalue weighted by atomic mass is 10.2. The second-order valence-corrected chi connectivity index (χ2v) is 4.58. The molecule has 0 spiro atoms. The number of aliphatic hydroxyl groups excluding tert-OH is 1. The number of anilines is 1. The summed E-state index contributed by atoms with van der Waals surface area (Å²) in [7, 11) is 0. The highest BCUT2D eigenvalue weighted by atomic mass is 19.4. The van der Waals surface area contributed by atoms with Gasteiger partial charge in [-0.2, -0.15) is 13.2 Å². The molecule has 0 aliphatic carbocycles. The molecule has 0 fully saturated rings. The summed E-state index contributed by atoms with van der Waals surface area (Å²) in [5.74, 6) is -0.892. The summed E-state index contributed by atoms with van der Waals surface area (Å²) in [6.45, 7) is -1.66. The van der Waals surface area contributed by atoms with E-state index in [2.05, 4.69) is 15.0 Å². The highest BCUT2D eigenvalue weighted by Crippen LogP contribution is 2.18. The monoisotopic (exact) mass is 326 g/mol. The van der Waals surface area contributed by atoms with Gasteiger partial charge in [0.05, 0.1) is 6.61 Å². The first kappa shape index (κ1) is 16.8. The summed E-state index contributed by atoms with van der Waals surface area (Å²) in [6.07, 6.45) is -4.48. The van der Waals surface area contributed by atoms with Gasteiger partial charge in [-0.05, 0) is 23.8 Å². The minimum absolute atomic E-state index is 0.0842. The van der Waals surface area contributed by atoms with Crippen molar-refractivity contribution < 1.29 is 27.8 Å². The number of rotatable bonds is 5. The SMILES string of the molecule is O=C(Nc1cccc(CO)c1)c1cccc(OCC(F)(F)F)n1. The molecule has 0 radical (unpaired) electrons. The summed E-state index contributed by atoms with van der Waals surface area (Å²) in [6, 6.07) is 10.5. The number of amides is 1. The fraction of sp³-hybridized carbons (Fsp3) is 0.200. The summed E-state index contributed by atoms with van der Waals surface area (Å²) in [4.78, 5) is 15.8. The van der Waals surface area contributed by atoms with E-state index in [1.807, 2.05) is 0 Å². The number of hydrogen-bond donors (Lipinski definition) is 2. The maximum Gasteiger partial charge on any atom is 0.422 e. The van der Waals surface area contributed by atoms with E-state index in [1.54, 1.807) is 24.3 Å². The molecule has 2 rings (SSSR count). The minimum atomic E-state index is -4.48. The van der Waals surface area contributed by atoms with Gasteiger partial charge in [0.2, 0.25) is 5.88 Å². The zero-order valence-electron chi connectivity index (χ0n) is 11.8. The van der Waals surface area contributed by atoms with E-state index in [-0.39, 0.29) is 18.2 Å². The van der Waals surface area contributed by atoms with Crippen LogP contribution in [0.1, 0.15) is 16.1 Å². The highest BCUT2D eigenvalue weighted by molar-refractivity contribution is 6.02. The Balaban J connectivity index is 2.07. The highest BCUT2D eigenvalue weighted by Gasteiger charge is 2.28. The molecule has 0 bridgehead atoms. The molecule has 0 unspecified atom stereocenters. The average Bonchev–Trinajstić information content (AvgIpc) is 2.53. The summed E-state index contributed by atoms with van der Waals surface area (Å²) in [5, 5.41) is 11.6. The summed E-state index contributed by atoms with van der Waals surface area (Å²) in [5.41, 5.74) is 0.960. The van der Waals surface area contributed by atoms with E-state index in [4.69, 9.17) is 5.11 Å². The number of alkyl halides is 3. The lowest BCUT2D eigenvalue weighted by Gasteiger charge is -2.10. The Morgan fingerprint density at radius 1 is 1.22 bits per heavy atom. The molecule has 5 nitrogen and oxygen atoms in total. The number of pyridine rings is 1. The van der Waals surface area contributed by atoms with Crippen LogP contribution in [-0.4, -0.2) is 28.8 Å². The number of carbonyl (C=O) groups excluding carboxylic acids is 1. The lowest BCUT2D eigenvalue weighted by Crippen LogP contribution is -2.20. The van der Waals surface area contributed by atoms with Gasteiger partial charge in [-0.1, -0.05) is 18.2 Å². The second kappa shape index (κ2) is 7.10. The normalized spacial score (nSPS) is 11.1. The molecule has 0 atom stereocenters. The Hall–Kier alpha value is -2.61. The molecule has 0 aliphatic heterocycles. The van der Waals surface area contributed by atoms with Crippen LogP contribution in [0.25, 0.3) is 0 Å². The molecule has 8 heteroatoms. The van der Waals surface area contributed by atoms with Crippen molar-refractivity contribution in [3.63, 3.8) is 0 Å². The van der Waals surface area contributed by atoms with Crippen molar-refractivity contribution in [2.24, 2.45) is 0 Å². The predicted molar refractivity (Wildman–Crippen MR) is 76.1 cm³/mol. The topological polar surface area (TPSA) is 71.5 Å². The number of benzene rings is 1. The first-order chi connectivity index (χ1) is 10.9. The minimum Gasteiger partial charge on any atom is -0.468 e. The quantitative estimate of drug-likeness (QED) is 0.886. The van der Waals surface area contributed by atoms with E-state index in [9.17, 15) is 18.0 Å². The summed E-state index contributed by atoms with van der Waals surface area (Å²) < 4.78 is 40.8. The molecule has 1 heterocycles. The third-order valence-electron chi connectivity index (χ3n) is 2.71. The van der Waals surface area contributed by atoms with Crippen LogP contribution in [0.3, 0.4) is 0 Å². The number of aliphatic hydroxyl groups is 1. The van der Waals surface area contributed by atoms with E-state index < -0.39 is 18.7 Å². The van der Waals surface area contributed by atoms with Crippen LogP contribution in [0, 0.1) is 0 Å². The van der Waals surface area contributed by atoms with Gasteiger partial charge in [0.15, 0.2) is 6.61 Å². The van der Waals surface area contributed by atoms with Gasteiger partial charge < -0.3 is 15.2 Å². The van der Waals surface area contributed by atoms with Gasteiger partial charge in [-0.25, -0.2) is 4.98 Å². The van der Waals surface area contributed by atoms with Crippen molar-refractivity contribution in [3.8, 4) is 5.88 Å². The van der Waals surface area contributed by atoms with Crippen molar-refractivity contribution in [1.29, 1.82) is 0 Å². The molecule has 0 aliphatic rings. The maximum atomic E-state index is 12.1. The molecular weight excluding hydrogens is 313 g/mol. The van der Waals surface area contributed by atoms with Crippen LogP contribution in [0.2, 0.25) is 0 Å².